The summed E-state index contributed by atoms with van der Waals surface area (Å²) in [5, 5.41) is 9.07. The fraction of sp³-hybridized carbons (Fsp3) is 0.867. The molecule has 0 spiro atoms. The number of rotatable bonds is 26. The van der Waals surface area contributed by atoms with Gasteiger partial charge in [0.05, 0.1) is 6.42 Å². The molecule has 0 aliphatic carbocycles. The third-order valence-electron chi connectivity index (χ3n) is 6.47. The van der Waals surface area contributed by atoms with Gasteiger partial charge in [-0.3, -0.25) is 9.59 Å². The average molecular weight is 481 g/mol. The maximum atomic E-state index is 12.1. The van der Waals surface area contributed by atoms with Crippen molar-refractivity contribution in [1.82, 2.24) is 0 Å². The second-order valence-corrected chi connectivity index (χ2v) is 9.95. The number of hydrogen-bond donors (Lipinski definition) is 1. The zero-order valence-electron chi connectivity index (χ0n) is 22.7. The van der Waals surface area contributed by atoms with Crippen molar-refractivity contribution in [2.24, 2.45) is 0 Å². The van der Waals surface area contributed by atoms with Gasteiger partial charge in [0.1, 0.15) is 6.10 Å². The molecule has 1 N–H and O–H groups in total. The number of carbonyl (C=O) groups excluding carboxylic acids is 1. The number of carbonyl (C=O) groups is 2. The number of unbranched alkanes of at least 4 members (excludes halogenated alkanes) is 17. The van der Waals surface area contributed by atoms with Crippen molar-refractivity contribution in [3.05, 3.63) is 12.2 Å². The molecular formula is C30H56O4. The molecule has 0 aliphatic heterocycles. The molecule has 0 heterocycles. The van der Waals surface area contributed by atoms with Gasteiger partial charge in [-0.05, 0) is 44.9 Å². The van der Waals surface area contributed by atoms with Crippen molar-refractivity contribution in [3.8, 4) is 0 Å². The summed E-state index contributed by atoms with van der Waals surface area (Å²) >= 11 is 0. The Morgan fingerprint density at radius 2 is 1.09 bits per heavy atom. The van der Waals surface area contributed by atoms with Crippen LogP contribution in [0.5, 0.6) is 0 Å². The van der Waals surface area contributed by atoms with Gasteiger partial charge in [0, 0.05) is 6.42 Å². The molecule has 0 saturated carbocycles. The largest absolute Gasteiger partial charge is 0.481 e. The van der Waals surface area contributed by atoms with Crippen molar-refractivity contribution in [2.45, 2.75) is 168 Å². The first-order valence-electron chi connectivity index (χ1n) is 14.7. The molecule has 0 aliphatic rings. The van der Waals surface area contributed by atoms with Crippen LogP contribution in [0.15, 0.2) is 12.2 Å². The predicted octanol–water partition coefficient (Wildman–Crippen LogP) is 9.55. The van der Waals surface area contributed by atoms with E-state index >= 15 is 0 Å². The molecule has 1 unspecified atom stereocenters. The van der Waals surface area contributed by atoms with E-state index in [-0.39, 0.29) is 12.4 Å². The number of esters is 1. The maximum Gasteiger partial charge on any atom is 0.307 e. The number of ether oxygens (including phenoxy) is 1. The molecule has 34 heavy (non-hydrogen) atoms. The zero-order chi connectivity index (χ0) is 25.1. The zero-order valence-corrected chi connectivity index (χ0v) is 22.7. The minimum absolute atomic E-state index is 0.0756. The molecule has 0 aromatic heterocycles. The lowest BCUT2D eigenvalue weighted by atomic mass is 10.1. The second-order valence-electron chi connectivity index (χ2n) is 9.95. The molecule has 4 heteroatoms. The van der Waals surface area contributed by atoms with Gasteiger partial charge in [0.15, 0.2) is 0 Å². The number of carboxylic acids is 1. The number of hydrogen-bond acceptors (Lipinski definition) is 3. The highest BCUT2D eigenvalue weighted by Crippen LogP contribution is 2.15. The molecule has 0 amide bonds. The number of aliphatic carboxylic acids is 1. The molecule has 0 aromatic rings. The molecule has 0 saturated heterocycles. The van der Waals surface area contributed by atoms with Gasteiger partial charge in [0.25, 0.3) is 0 Å². The van der Waals surface area contributed by atoms with E-state index < -0.39 is 12.1 Å². The summed E-state index contributed by atoms with van der Waals surface area (Å²) in [6.07, 6.45) is 29.6. The standard InChI is InChI=1S/C30H56O4/c1-3-5-7-9-10-11-12-13-14-15-16-17-18-19-20-22-24-26-30(33)34-28(27-29(31)32)25-23-21-8-6-4-2/h13-14,28H,3-12,15-27H2,1-2H3,(H,31,32)/b14-13-. The normalized spacial score (nSPS) is 12.3. The van der Waals surface area contributed by atoms with Crippen LogP contribution in [0.4, 0.5) is 0 Å². The minimum atomic E-state index is -0.889. The Morgan fingerprint density at radius 3 is 1.59 bits per heavy atom. The highest BCUT2D eigenvalue weighted by molar-refractivity contribution is 5.71. The quantitative estimate of drug-likeness (QED) is 0.0760. The highest BCUT2D eigenvalue weighted by atomic mass is 16.5. The summed E-state index contributed by atoms with van der Waals surface area (Å²) in [5.41, 5.74) is 0. The van der Waals surface area contributed by atoms with E-state index in [1.165, 1.54) is 96.3 Å². The van der Waals surface area contributed by atoms with Crippen LogP contribution in [0.25, 0.3) is 0 Å². The SMILES string of the molecule is CCCCCCCC/C=C\CCCCCCCCCC(=O)OC(CCCCCCC)CC(=O)O. The van der Waals surface area contributed by atoms with Crippen molar-refractivity contribution in [2.75, 3.05) is 0 Å². The summed E-state index contributed by atoms with van der Waals surface area (Å²) < 4.78 is 5.47. The van der Waals surface area contributed by atoms with Crippen LogP contribution in [-0.4, -0.2) is 23.1 Å². The summed E-state index contributed by atoms with van der Waals surface area (Å²) in [4.78, 5) is 23.2. The van der Waals surface area contributed by atoms with E-state index in [2.05, 4.69) is 26.0 Å². The topological polar surface area (TPSA) is 63.6 Å². The lowest BCUT2D eigenvalue weighted by Crippen LogP contribution is -2.21. The summed E-state index contributed by atoms with van der Waals surface area (Å²) in [5.74, 6) is -1.12. The van der Waals surface area contributed by atoms with Gasteiger partial charge in [-0.15, -0.1) is 0 Å². The summed E-state index contributed by atoms with van der Waals surface area (Å²) in [6, 6.07) is 0. The fourth-order valence-corrected chi connectivity index (χ4v) is 4.31. The van der Waals surface area contributed by atoms with Crippen LogP contribution in [0.2, 0.25) is 0 Å². The van der Waals surface area contributed by atoms with Crippen LogP contribution in [-0.2, 0) is 14.3 Å². The van der Waals surface area contributed by atoms with Crippen molar-refractivity contribution in [1.29, 1.82) is 0 Å². The number of carboxylic acid groups (broad SMARTS) is 1. The molecule has 200 valence electrons. The molecule has 1 atom stereocenters. The van der Waals surface area contributed by atoms with Crippen LogP contribution in [0.3, 0.4) is 0 Å². The maximum absolute atomic E-state index is 12.1. The molecule has 0 bridgehead atoms. The molecular weight excluding hydrogens is 424 g/mol. The van der Waals surface area contributed by atoms with Crippen molar-refractivity contribution in [3.63, 3.8) is 0 Å². The minimum Gasteiger partial charge on any atom is -0.481 e. The third-order valence-corrected chi connectivity index (χ3v) is 6.47. The van der Waals surface area contributed by atoms with Gasteiger partial charge < -0.3 is 9.84 Å². The first-order chi connectivity index (χ1) is 16.6. The summed E-state index contributed by atoms with van der Waals surface area (Å²) in [7, 11) is 0. The Balaban J connectivity index is 3.58. The first-order valence-corrected chi connectivity index (χ1v) is 14.7. The smallest absolute Gasteiger partial charge is 0.307 e. The molecule has 0 aromatic carbocycles. The highest BCUT2D eigenvalue weighted by Gasteiger charge is 2.17. The van der Waals surface area contributed by atoms with E-state index in [1.807, 2.05) is 0 Å². The van der Waals surface area contributed by atoms with E-state index in [4.69, 9.17) is 9.84 Å². The number of allylic oxidation sites excluding steroid dienone is 2. The average Bonchev–Trinajstić information content (AvgIpc) is 2.80. The van der Waals surface area contributed by atoms with Gasteiger partial charge in [-0.1, -0.05) is 116 Å². The Kier molecular flexibility index (Phi) is 25.3. The van der Waals surface area contributed by atoms with Crippen LogP contribution in [0.1, 0.15) is 162 Å². The van der Waals surface area contributed by atoms with E-state index in [1.54, 1.807) is 0 Å². The Labute approximate surface area is 211 Å². The molecule has 0 fully saturated rings. The second kappa shape index (κ2) is 26.3. The van der Waals surface area contributed by atoms with Crippen LogP contribution < -0.4 is 0 Å². The molecule has 0 radical (unpaired) electrons. The van der Waals surface area contributed by atoms with Crippen molar-refractivity contribution < 1.29 is 19.4 Å². The van der Waals surface area contributed by atoms with Gasteiger partial charge in [-0.2, -0.15) is 0 Å². The summed E-state index contributed by atoms with van der Waals surface area (Å²) in [6.45, 7) is 4.44. The first kappa shape index (κ1) is 32.7. The van der Waals surface area contributed by atoms with Gasteiger partial charge >= 0.3 is 11.9 Å². The Morgan fingerprint density at radius 1 is 0.647 bits per heavy atom. The molecule has 4 nitrogen and oxygen atoms in total. The van der Waals surface area contributed by atoms with E-state index in [9.17, 15) is 9.59 Å². The van der Waals surface area contributed by atoms with E-state index in [0.717, 1.165) is 32.1 Å². The fourth-order valence-electron chi connectivity index (χ4n) is 4.31. The van der Waals surface area contributed by atoms with Crippen molar-refractivity contribution >= 4 is 11.9 Å². The Bertz CT molecular complexity index is 486. The van der Waals surface area contributed by atoms with E-state index in [0.29, 0.717) is 12.8 Å². The predicted molar refractivity (Wildman–Crippen MR) is 144 cm³/mol. The monoisotopic (exact) mass is 480 g/mol. The lowest BCUT2D eigenvalue weighted by Gasteiger charge is -2.16. The molecule has 0 rings (SSSR count). The van der Waals surface area contributed by atoms with Crippen LogP contribution in [0, 0.1) is 0 Å². The Hall–Kier alpha value is -1.32. The van der Waals surface area contributed by atoms with Crippen LogP contribution >= 0.6 is 0 Å². The van der Waals surface area contributed by atoms with Gasteiger partial charge in [-0.25, -0.2) is 0 Å². The van der Waals surface area contributed by atoms with Gasteiger partial charge in [0.2, 0.25) is 0 Å². The third kappa shape index (κ3) is 25.3. The lowest BCUT2D eigenvalue weighted by molar-refractivity contribution is -0.153.